The van der Waals surface area contributed by atoms with Crippen LogP contribution in [0.1, 0.15) is 11.1 Å². The molecule has 0 saturated heterocycles. The molecule has 2 nitrogen and oxygen atoms in total. The lowest BCUT2D eigenvalue weighted by Gasteiger charge is -2.22. The maximum atomic E-state index is 13.9. The SMILES string of the molecule is CN(Cc1ccc(F)cc1)c1c(F)cccc1CN. The van der Waals surface area contributed by atoms with Crippen molar-refractivity contribution in [3.05, 3.63) is 65.2 Å². The Labute approximate surface area is 111 Å². The summed E-state index contributed by atoms with van der Waals surface area (Å²) in [6.45, 7) is 0.773. The Kier molecular flexibility index (Phi) is 4.12. The van der Waals surface area contributed by atoms with Crippen LogP contribution in [0.5, 0.6) is 0 Å². The minimum Gasteiger partial charge on any atom is -0.368 e. The van der Waals surface area contributed by atoms with Gasteiger partial charge in [0.1, 0.15) is 11.6 Å². The molecule has 2 aromatic carbocycles. The first-order valence-corrected chi connectivity index (χ1v) is 6.05. The molecule has 0 aromatic heterocycles. The molecule has 2 N–H and O–H groups in total. The molecule has 4 heteroatoms. The van der Waals surface area contributed by atoms with E-state index in [0.29, 0.717) is 12.2 Å². The fourth-order valence-electron chi connectivity index (χ4n) is 2.09. The van der Waals surface area contributed by atoms with Gasteiger partial charge in [-0.05, 0) is 29.3 Å². The Hall–Kier alpha value is -1.94. The summed E-state index contributed by atoms with van der Waals surface area (Å²) >= 11 is 0. The molecule has 0 heterocycles. The van der Waals surface area contributed by atoms with Gasteiger partial charge in [0.15, 0.2) is 0 Å². The molecule has 0 aliphatic carbocycles. The predicted molar refractivity (Wildman–Crippen MR) is 72.8 cm³/mol. The van der Waals surface area contributed by atoms with E-state index < -0.39 is 0 Å². The van der Waals surface area contributed by atoms with Crippen LogP contribution in [0.2, 0.25) is 0 Å². The van der Waals surface area contributed by atoms with Crippen molar-refractivity contribution in [3.8, 4) is 0 Å². The smallest absolute Gasteiger partial charge is 0.146 e. The number of nitrogens with two attached hydrogens (primary N) is 1. The van der Waals surface area contributed by atoms with E-state index in [2.05, 4.69) is 0 Å². The molecular formula is C15H16F2N2. The monoisotopic (exact) mass is 262 g/mol. The molecule has 2 rings (SSSR count). The fourth-order valence-corrected chi connectivity index (χ4v) is 2.09. The van der Waals surface area contributed by atoms with E-state index in [1.54, 1.807) is 36.2 Å². The predicted octanol–water partition coefficient (Wildman–Crippen LogP) is 3.06. The molecule has 0 aliphatic heterocycles. The van der Waals surface area contributed by atoms with Crippen molar-refractivity contribution in [1.82, 2.24) is 0 Å². The molecule has 0 bridgehead atoms. The van der Waals surface area contributed by atoms with Crippen LogP contribution in [0, 0.1) is 11.6 Å². The number of para-hydroxylation sites is 1. The Balaban J connectivity index is 2.24. The highest BCUT2D eigenvalue weighted by atomic mass is 19.1. The Bertz CT molecular complexity index is 553. The summed E-state index contributed by atoms with van der Waals surface area (Å²) in [5.74, 6) is -0.576. The van der Waals surface area contributed by atoms with Gasteiger partial charge in [0, 0.05) is 20.1 Å². The highest BCUT2D eigenvalue weighted by Gasteiger charge is 2.12. The van der Waals surface area contributed by atoms with Gasteiger partial charge in [-0.1, -0.05) is 24.3 Å². The number of benzene rings is 2. The lowest BCUT2D eigenvalue weighted by molar-refractivity contribution is 0.618. The summed E-state index contributed by atoms with van der Waals surface area (Å²) in [6, 6.07) is 11.0. The standard InChI is InChI=1S/C15H16F2N2/c1-19(10-11-5-7-13(16)8-6-11)15-12(9-18)3-2-4-14(15)17/h2-8H,9-10,18H2,1H3. The van der Waals surface area contributed by atoms with Gasteiger partial charge in [-0.25, -0.2) is 8.78 Å². The zero-order valence-corrected chi connectivity index (χ0v) is 10.7. The number of anilines is 1. The minimum atomic E-state index is -0.299. The van der Waals surface area contributed by atoms with Gasteiger partial charge in [-0.2, -0.15) is 0 Å². The van der Waals surface area contributed by atoms with Crippen molar-refractivity contribution in [2.24, 2.45) is 5.73 Å². The van der Waals surface area contributed by atoms with Gasteiger partial charge in [-0.3, -0.25) is 0 Å². The second-order valence-electron chi connectivity index (χ2n) is 4.43. The molecule has 0 atom stereocenters. The van der Waals surface area contributed by atoms with Crippen LogP contribution in [-0.2, 0) is 13.1 Å². The summed E-state index contributed by atoms with van der Waals surface area (Å²) in [4.78, 5) is 1.78. The number of hydrogen-bond acceptors (Lipinski definition) is 2. The number of hydrogen-bond donors (Lipinski definition) is 1. The number of halogens is 2. The second-order valence-corrected chi connectivity index (χ2v) is 4.43. The van der Waals surface area contributed by atoms with E-state index in [1.807, 2.05) is 0 Å². The third-order valence-electron chi connectivity index (χ3n) is 3.00. The minimum absolute atomic E-state index is 0.278. The van der Waals surface area contributed by atoms with Gasteiger partial charge < -0.3 is 10.6 Å². The van der Waals surface area contributed by atoms with Gasteiger partial charge in [0.2, 0.25) is 0 Å². The molecular weight excluding hydrogens is 246 g/mol. The largest absolute Gasteiger partial charge is 0.368 e. The van der Waals surface area contributed by atoms with Crippen molar-refractivity contribution in [3.63, 3.8) is 0 Å². The molecule has 0 spiro atoms. The van der Waals surface area contributed by atoms with Gasteiger partial charge in [0.05, 0.1) is 5.69 Å². The Morgan fingerprint density at radius 2 is 1.74 bits per heavy atom. The molecule has 0 amide bonds. The second kappa shape index (κ2) is 5.80. The van der Waals surface area contributed by atoms with E-state index in [0.717, 1.165) is 11.1 Å². The summed E-state index contributed by atoms with van der Waals surface area (Å²) in [5, 5.41) is 0. The highest BCUT2D eigenvalue weighted by Crippen LogP contribution is 2.24. The molecule has 100 valence electrons. The van der Waals surface area contributed by atoms with Crippen LogP contribution in [-0.4, -0.2) is 7.05 Å². The molecule has 2 aromatic rings. The van der Waals surface area contributed by atoms with Crippen molar-refractivity contribution < 1.29 is 8.78 Å². The third-order valence-corrected chi connectivity index (χ3v) is 3.00. The first-order valence-electron chi connectivity index (χ1n) is 6.05. The highest BCUT2D eigenvalue weighted by molar-refractivity contribution is 5.54. The quantitative estimate of drug-likeness (QED) is 0.917. The first kappa shape index (κ1) is 13.5. The normalized spacial score (nSPS) is 10.5. The van der Waals surface area contributed by atoms with Gasteiger partial charge >= 0.3 is 0 Å². The van der Waals surface area contributed by atoms with E-state index >= 15 is 0 Å². The third kappa shape index (κ3) is 3.09. The number of rotatable bonds is 4. The maximum absolute atomic E-state index is 13.9. The average molecular weight is 262 g/mol. The molecule has 19 heavy (non-hydrogen) atoms. The molecule has 0 fully saturated rings. The number of nitrogens with zero attached hydrogens (tertiary/aromatic N) is 1. The molecule has 0 aliphatic rings. The van der Waals surface area contributed by atoms with Crippen LogP contribution in [0.25, 0.3) is 0 Å². The van der Waals surface area contributed by atoms with E-state index in [4.69, 9.17) is 5.73 Å². The summed E-state index contributed by atoms with van der Waals surface area (Å²) in [6.07, 6.45) is 0. The van der Waals surface area contributed by atoms with Gasteiger partial charge in [-0.15, -0.1) is 0 Å². The van der Waals surface area contributed by atoms with E-state index in [1.165, 1.54) is 18.2 Å². The summed E-state index contributed by atoms with van der Waals surface area (Å²) < 4.78 is 26.7. The summed E-state index contributed by atoms with van der Waals surface area (Å²) in [7, 11) is 1.79. The topological polar surface area (TPSA) is 29.3 Å². The van der Waals surface area contributed by atoms with Crippen LogP contribution < -0.4 is 10.6 Å². The molecule has 0 saturated carbocycles. The van der Waals surface area contributed by atoms with Crippen molar-refractivity contribution >= 4 is 5.69 Å². The molecule has 0 radical (unpaired) electrons. The summed E-state index contributed by atoms with van der Waals surface area (Å²) in [5.41, 5.74) is 7.79. The lowest BCUT2D eigenvalue weighted by atomic mass is 10.1. The zero-order valence-electron chi connectivity index (χ0n) is 10.7. The van der Waals surface area contributed by atoms with Crippen molar-refractivity contribution in [1.29, 1.82) is 0 Å². The van der Waals surface area contributed by atoms with Crippen LogP contribution in [0.4, 0.5) is 14.5 Å². The van der Waals surface area contributed by atoms with Crippen molar-refractivity contribution in [2.45, 2.75) is 13.1 Å². The van der Waals surface area contributed by atoms with Crippen molar-refractivity contribution in [2.75, 3.05) is 11.9 Å². The lowest BCUT2D eigenvalue weighted by Crippen LogP contribution is -2.20. The fraction of sp³-hybridized carbons (Fsp3) is 0.200. The van der Waals surface area contributed by atoms with Crippen LogP contribution in [0.3, 0.4) is 0 Å². The first-order chi connectivity index (χ1) is 9.11. The average Bonchev–Trinajstić information content (AvgIpc) is 2.40. The van der Waals surface area contributed by atoms with Crippen LogP contribution >= 0.6 is 0 Å². The maximum Gasteiger partial charge on any atom is 0.146 e. The zero-order chi connectivity index (χ0) is 13.8. The van der Waals surface area contributed by atoms with Gasteiger partial charge in [0.25, 0.3) is 0 Å². The molecule has 0 unspecified atom stereocenters. The van der Waals surface area contributed by atoms with Crippen LogP contribution in [0.15, 0.2) is 42.5 Å². The van der Waals surface area contributed by atoms with E-state index in [-0.39, 0.29) is 18.2 Å². The Morgan fingerprint density at radius 3 is 2.37 bits per heavy atom. The Morgan fingerprint density at radius 1 is 1.05 bits per heavy atom. The van der Waals surface area contributed by atoms with E-state index in [9.17, 15) is 8.78 Å².